The van der Waals surface area contributed by atoms with E-state index in [0.717, 1.165) is 22.1 Å². The maximum atomic E-state index is 11.5. The molecule has 3 nitrogen and oxygen atoms in total. The summed E-state index contributed by atoms with van der Waals surface area (Å²) in [5.74, 6) is -0.724. The molecule has 0 amide bonds. The van der Waals surface area contributed by atoms with E-state index in [9.17, 15) is 9.90 Å². The fourth-order valence-corrected chi connectivity index (χ4v) is 2.55. The van der Waals surface area contributed by atoms with Crippen molar-refractivity contribution in [2.75, 3.05) is 0 Å². The first-order valence-electron chi connectivity index (χ1n) is 6.90. The zero-order chi connectivity index (χ0) is 14.8. The number of benzene rings is 2. The van der Waals surface area contributed by atoms with Crippen LogP contribution in [0.4, 0.5) is 0 Å². The molecule has 0 aliphatic rings. The van der Waals surface area contributed by atoms with Crippen molar-refractivity contribution in [1.29, 1.82) is 0 Å². The van der Waals surface area contributed by atoms with Gasteiger partial charge in [0.1, 0.15) is 11.3 Å². The summed E-state index contributed by atoms with van der Waals surface area (Å²) in [7, 11) is 0. The summed E-state index contributed by atoms with van der Waals surface area (Å²) < 4.78 is 5.76. The van der Waals surface area contributed by atoms with Crippen molar-refractivity contribution < 1.29 is 14.3 Å². The molecule has 1 heterocycles. The van der Waals surface area contributed by atoms with Crippen molar-refractivity contribution >= 4 is 16.9 Å². The molecule has 0 saturated heterocycles. The van der Waals surface area contributed by atoms with Gasteiger partial charge in [0.05, 0.1) is 5.92 Å². The molecule has 1 unspecified atom stereocenters. The third-order valence-electron chi connectivity index (χ3n) is 3.63. The lowest BCUT2D eigenvalue weighted by molar-refractivity contribution is -0.138. The summed E-state index contributed by atoms with van der Waals surface area (Å²) in [5.41, 5.74) is 2.75. The summed E-state index contributed by atoms with van der Waals surface area (Å²) in [6, 6.07) is 17.2. The first-order valence-corrected chi connectivity index (χ1v) is 6.90. The Morgan fingerprint density at radius 3 is 2.62 bits per heavy atom. The predicted octanol–water partition coefficient (Wildman–Crippen LogP) is 4.15. The second-order valence-electron chi connectivity index (χ2n) is 5.26. The number of carboxylic acids is 1. The molecular formula is C18H16O3. The molecule has 1 atom stereocenters. The molecule has 3 heteroatoms. The van der Waals surface area contributed by atoms with E-state index in [4.69, 9.17) is 4.42 Å². The van der Waals surface area contributed by atoms with Crippen LogP contribution >= 0.6 is 0 Å². The number of aliphatic carboxylic acids is 1. The molecule has 2 aromatic carbocycles. The zero-order valence-electron chi connectivity index (χ0n) is 11.7. The number of hydrogen-bond acceptors (Lipinski definition) is 2. The molecule has 21 heavy (non-hydrogen) atoms. The quantitative estimate of drug-likeness (QED) is 0.781. The third-order valence-corrected chi connectivity index (χ3v) is 3.63. The second-order valence-corrected chi connectivity index (χ2v) is 5.26. The Balaban J connectivity index is 1.93. The van der Waals surface area contributed by atoms with E-state index in [1.807, 2.05) is 61.5 Å². The topological polar surface area (TPSA) is 50.4 Å². The Morgan fingerprint density at radius 1 is 1.14 bits per heavy atom. The van der Waals surface area contributed by atoms with Crippen molar-refractivity contribution in [2.24, 2.45) is 0 Å². The fraction of sp³-hybridized carbons (Fsp3) is 0.167. The average Bonchev–Trinajstić information content (AvgIpc) is 2.87. The summed E-state index contributed by atoms with van der Waals surface area (Å²) in [4.78, 5) is 11.5. The minimum atomic E-state index is -0.835. The predicted molar refractivity (Wildman–Crippen MR) is 81.5 cm³/mol. The number of hydrogen-bond donors (Lipinski definition) is 1. The first kappa shape index (κ1) is 13.4. The Kier molecular flexibility index (Phi) is 3.48. The van der Waals surface area contributed by atoms with E-state index in [0.29, 0.717) is 12.2 Å². The van der Waals surface area contributed by atoms with Crippen LogP contribution in [0.25, 0.3) is 11.0 Å². The summed E-state index contributed by atoms with van der Waals surface area (Å²) in [6.07, 6.45) is 0.354. The van der Waals surface area contributed by atoms with Crippen molar-refractivity contribution in [2.45, 2.75) is 19.3 Å². The minimum Gasteiger partial charge on any atom is -0.481 e. The maximum absolute atomic E-state index is 11.5. The average molecular weight is 280 g/mol. The number of furan rings is 1. The smallest absolute Gasteiger partial charge is 0.311 e. The molecular weight excluding hydrogens is 264 g/mol. The van der Waals surface area contributed by atoms with Crippen LogP contribution in [0, 0.1) is 6.92 Å². The Hall–Kier alpha value is -2.55. The molecule has 3 aromatic rings. The highest BCUT2D eigenvalue weighted by atomic mass is 16.4. The van der Waals surface area contributed by atoms with E-state index >= 15 is 0 Å². The van der Waals surface area contributed by atoms with Crippen LogP contribution in [0.15, 0.2) is 59.0 Å². The van der Waals surface area contributed by atoms with Gasteiger partial charge in [0.25, 0.3) is 0 Å². The molecule has 0 spiro atoms. The minimum absolute atomic E-state index is 0.354. The van der Waals surface area contributed by atoms with Gasteiger partial charge in [-0.3, -0.25) is 4.79 Å². The van der Waals surface area contributed by atoms with Crippen LogP contribution in [0.3, 0.4) is 0 Å². The van der Waals surface area contributed by atoms with E-state index in [1.165, 1.54) is 0 Å². The molecule has 0 fully saturated rings. The van der Waals surface area contributed by atoms with Gasteiger partial charge in [-0.15, -0.1) is 0 Å². The van der Waals surface area contributed by atoms with Crippen LogP contribution in [0.1, 0.15) is 22.8 Å². The summed E-state index contributed by atoms with van der Waals surface area (Å²) >= 11 is 0. The summed E-state index contributed by atoms with van der Waals surface area (Å²) in [5, 5.41) is 10.5. The number of carboxylic acid groups (broad SMARTS) is 1. The SMILES string of the molecule is Cc1ccc2oc(CC(C(=O)O)c3ccccc3)cc2c1. The lowest BCUT2D eigenvalue weighted by Gasteiger charge is -2.10. The highest BCUT2D eigenvalue weighted by Gasteiger charge is 2.22. The van der Waals surface area contributed by atoms with Gasteiger partial charge in [0, 0.05) is 11.8 Å². The largest absolute Gasteiger partial charge is 0.481 e. The Morgan fingerprint density at radius 2 is 1.90 bits per heavy atom. The lowest BCUT2D eigenvalue weighted by Crippen LogP contribution is -2.14. The normalized spacial score (nSPS) is 12.4. The molecule has 3 rings (SSSR count). The number of rotatable bonds is 4. The van der Waals surface area contributed by atoms with Crippen molar-refractivity contribution in [3.63, 3.8) is 0 Å². The van der Waals surface area contributed by atoms with Gasteiger partial charge < -0.3 is 9.52 Å². The number of fused-ring (bicyclic) bond motifs is 1. The molecule has 0 aliphatic heterocycles. The zero-order valence-corrected chi connectivity index (χ0v) is 11.7. The number of aryl methyl sites for hydroxylation is 1. The van der Waals surface area contributed by atoms with Gasteiger partial charge in [-0.1, -0.05) is 42.0 Å². The second kappa shape index (κ2) is 5.44. The van der Waals surface area contributed by atoms with Crippen molar-refractivity contribution in [3.8, 4) is 0 Å². The molecule has 1 aromatic heterocycles. The molecule has 0 saturated carbocycles. The Labute approximate surface area is 122 Å². The van der Waals surface area contributed by atoms with Gasteiger partial charge in [0.2, 0.25) is 0 Å². The molecule has 0 radical (unpaired) electrons. The third kappa shape index (κ3) is 2.82. The van der Waals surface area contributed by atoms with Crippen LogP contribution in [-0.2, 0) is 11.2 Å². The molecule has 106 valence electrons. The molecule has 1 N–H and O–H groups in total. The van der Waals surface area contributed by atoms with Gasteiger partial charge in [0.15, 0.2) is 0 Å². The van der Waals surface area contributed by atoms with Gasteiger partial charge in [-0.05, 0) is 30.7 Å². The van der Waals surface area contributed by atoms with Crippen molar-refractivity contribution in [1.82, 2.24) is 0 Å². The number of carbonyl (C=O) groups is 1. The van der Waals surface area contributed by atoms with Gasteiger partial charge in [-0.25, -0.2) is 0 Å². The van der Waals surface area contributed by atoms with Crippen molar-refractivity contribution in [3.05, 3.63) is 71.5 Å². The van der Waals surface area contributed by atoms with Crippen LogP contribution in [0.5, 0.6) is 0 Å². The van der Waals surface area contributed by atoms with E-state index < -0.39 is 11.9 Å². The monoisotopic (exact) mass is 280 g/mol. The lowest BCUT2D eigenvalue weighted by atomic mass is 9.95. The standard InChI is InChI=1S/C18H16O3/c1-12-7-8-17-14(9-12)10-15(21-17)11-16(18(19)20)13-5-3-2-4-6-13/h2-10,16H,11H2,1H3,(H,19,20). The van der Waals surface area contributed by atoms with E-state index in [1.54, 1.807) is 0 Å². The van der Waals surface area contributed by atoms with Gasteiger partial charge >= 0.3 is 5.97 Å². The first-order chi connectivity index (χ1) is 10.1. The molecule has 0 aliphatic carbocycles. The summed E-state index contributed by atoms with van der Waals surface area (Å²) in [6.45, 7) is 2.02. The highest BCUT2D eigenvalue weighted by molar-refractivity contribution is 5.80. The van der Waals surface area contributed by atoms with E-state index in [-0.39, 0.29) is 0 Å². The van der Waals surface area contributed by atoms with Crippen LogP contribution < -0.4 is 0 Å². The molecule has 0 bridgehead atoms. The highest BCUT2D eigenvalue weighted by Crippen LogP contribution is 2.26. The van der Waals surface area contributed by atoms with E-state index in [2.05, 4.69) is 0 Å². The van der Waals surface area contributed by atoms with Crippen LogP contribution in [-0.4, -0.2) is 11.1 Å². The Bertz CT molecular complexity index is 772. The van der Waals surface area contributed by atoms with Crippen LogP contribution in [0.2, 0.25) is 0 Å². The fourth-order valence-electron chi connectivity index (χ4n) is 2.55. The van der Waals surface area contributed by atoms with Gasteiger partial charge in [-0.2, -0.15) is 0 Å². The maximum Gasteiger partial charge on any atom is 0.311 e.